The number of aromatic hydroxyl groups is 1. The molecule has 2 aromatic rings. The topological polar surface area (TPSA) is 35.5 Å². The van der Waals surface area contributed by atoms with E-state index in [2.05, 4.69) is 10.2 Å². The van der Waals surface area contributed by atoms with E-state index in [0.717, 1.165) is 31.1 Å². The molecule has 0 aliphatic carbocycles. The van der Waals surface area contributed by atoms with E-state index in [1.165, 1.54) is 12.1 Å². The Morgan fingerprint density at radius 1 is 1.22 bits per heavy atom. The van der Waals surface area contributed by atoms with Crippen molar-refractivity contribution in [3.8, 4) is 5.75 Å². The zero-order valence-corrected chi connectivity index (χ0v) is 15.4. The van der Waals surface area contributed by atoms with Crippen molar-refractivity contribution in [2.75, 3.05) is 26.2 Å². The molecule has 2 N–H and O–H groups in total. The molecule has 8 heteroatoms. The predicted molar refractivity (Wildman–Crippen MR) is 98.2 cm³/mol. The normalized spacial score (nSPS) is 16.3. The van der Waals surface area contributed by atoms with Gasteiger partial charge in [0.15, 0.2) is 0 Å². The molecule has 1 aliphatic rings. The summed E-state index contributed by atoms with van der Waals surface area (Å²) in [5.41, 5.74) is 0.270. The van der Waals surface area contributed by atoms with Crippen molar-refractivity contribution in [2.45, 2.75) is 6.04 Å². The summed E-state index contributed by atoms with van der Waals surface area (Å²) >= 11 is 7.55. The summed E-state index contributed by atoms with van der Waals surface area (Å²) in [6.07, 6.45) is 0. The second-order valence-corrected chi connectivity index (χ2v) is 6.38. The number of nitrogens with one attached hydrogen (secondary N) is 1. The van der Waals surface area contributed by atoms with Gasteiger partial charge < -0.3 is 10.4 Å². The molecule has 0 bridgehead atoms. The van der Waals surface area contributed by atoms with E-state index in [1.54, 1.807) is 11.3 Å². The molecule has 128 valence electrons. The fraction of sp³-hybridized carbons (Fsp3) is 0.333. The minimum Gasteiger partial charge on any atom is -0.506 e. The van der Waals surface area contributed by atoms with E-state index in [0.29, 0.717) is 0 Å². The molecule has 1 aromatic heterocycles. The van der Waals surface area contributed by atoms with Crippen molar-refractivity contribution < 1.29 is 9.50 Å². The Labute approximate surface area is 156 Å². The zero-order chi connectivity index (χ0) is 14.8. The highest BCUT2D eigenvalue weighted by Crippen LogP contribution is 2.41. The first kappa shape index (κ1) is 20.5. The first-order chi connectivity index (χ1) is 10.2. The average molecular weight is 400 g/mol. The molecule has 1 aromatic carbocycles. The van der Waals surface area contributed by atoms with Crippen LogP contribution in [0.5, 0.6) is 5.75 Å². The Morgan fingerprint density at radius 2 is 1.91 bits per heavy atom. The standard InChI is InChI=1S/C15H16ClFN2OS.2ClH/c16-10-3-4-11(17)13(15(10)20)14(12-2-1-9-21-12)19-7-5-18-6-8-19;;/h1-4,9,14,18,20H,5-8H2;2*1H/t14-;;/m1../s1. The van der Waals surface area contributed by atoms with Crippen molar-refractivity contribution in [2.24, 2.45) is 0 Å². The summed E-state index contributed by atoms with van der Waals surface area (Å²) in [5.74, 6) is -0.581. The van der Waals surface area contributed by atoms with Gasteiger partial charge >= 0.3 is 0 Å². The lowest BCUT2D eigenvalue weighted by atomic mass is 10.0. The lowest BCUT2D eigenvalue weighted by Gasteiger charge is -2.35. The van der Waals surface area contributed by atoms with Gasteiger partial charge in [0.1, 0.15) is 11.6 Å². The zero-order valence-electron chi connectivity index (χ0n) is 12.2. The van der Waals surface area contributed by atoms with Gasteiger partial charge in [-0.15, -0.1) is 36.2 Å². The minimum absolute atomic E-state index is 0. The van der Waals surface area contributed by atoms with Gasteiger partial charge in [0.2, 0.25) is 0 Å². The maximum atomic E-state index is 14.4. The Morgan fingerprint density at radius 3 is 2.52 bits per heavy atom. The van der Waals surface area contributed by atoms with Gasteiger partial charge in [0.25, 0.3) is 0 Å². The summed E-state index contributed by atoms with van der Waals surface area (Å²) in [6.45, 7) is 3.30. The number of hydrogen-bond acceptors (Lipinski definition) is 4. The molecule has 2 heterocycles. The summed E-state index contributed by atoms with van der Waals surface area (Å²) < 4.78 is 14.4. The number of nitrogens with zero attached hydrogens (tertiary/aromatic N) is 1. The Bertz CT molecular complexity index is 621. The molecular formula is C15H18Cl3FN2OS. The maximum absolute atomic E-state index is 14.4. The molecule has 3 rings (SSSR count). The van der Waals surface area contributed by atoms with Gasteiger partial charge in [-0.3, -0.25) is 4.90 Å². The van der Waals surface area contributed by atoms with E-state index in [4.69, 9.17) is 11.6 Å². The van der Waals surface area contributed by atoms with Crippen LogP contribution in [0.3, 0.4) is 0 Å². The Balaban J connectivity index is 0.00000132. The number of thiophene rings is 1. The smallest absolute Gasteiger partial charge is 0.142 e. The van der Waals surface area contributed by atoms with Crippen molar-refractivity contribution >= 4 is 47.8 Å². The number of rotatable bonds is 3. The SMILES string of the molecule is Cl.Cl.Oc1c(Cl)ccc(F)c1[C@@H](c1cccs1)N1CCNCC1. The average Bonchev–Trinajstić information content (AvgIpc) is 3.02. The van der Waals surface area contributed by atoms with Crippen LogP contribution in [0.15, 0.2) is 29.6 Å². The molecule has 23 heavy (non-hydrogen) atoms. The van der Waals surface area contributed by atoms with E-state index in [9.17, 15) is 9.50 Å². The number of piperazine rings is 1. The molecule has 0 saturated carbocycles. The summed E-state index contributed by atoms with van der Waals surface area (Å²) in [5, 5.41) is 15.7. The number of phenols is 1. The lowest BCUT2D eigenvalue weighted by Crippen LogP contribution is -2.45. The molecule has 0 radical (unpaired) electrons. The van der Waals surface area contributed by atoms with Crippen LogP contribution in [-0.2, 0) is 0 Å². The van der Waals surface area contributed by atoms with Crippen molar-refractivity contribution in [3.63, 3.8) is 0 Å². The second kappa shape index (κ2) is 9.06. The van der Waals surface area contributed by atoms with E-state index in [1.807, 2.05) is 17.5 Å². The van der Waals surface area contributed by atoms with Crippen LogP contribution in [-0.4, -0.2) is 36.2 Å². The van der Waals surface area contributed by atoms with Crippen molar-refractivity contribution in [1.82, 2.24) is 10.2 Å². The number of halogens is 4. The fourth-order valence-corrected chi connectivity index (χ4v) is 3.74. The third kappa shape index (κ3) is 4.29. The first-order valence-electron chi connectivity index (χ1n) is 6.83. The lowest BCUT2D eigenvalue weighted by molar-refractivity contribution is 0.194. The third-order valence-corrected chi connectivity index (χ3v) is 4.95. The minimum atomic E-state index is -0.422. The van der Waals surface area contributed by atoms with Crippen molar-refractivity contribution in [3.05, 3.63) is 50.9 Å². The van der Waals surface area contributed by atoms with Crippen LogP contribution >= 0.6 is 47.8 Å². The first-order valence-corrected chi connectivity index (χ1v) is 8.09. The van der Waals surface area contributed by atoms with Gasteiger partial charge in [-0.05, 0) is 23.6 Å². The highest BCUT2D eigenvalue weighted by atomic mass is 35.5. The highest BCUT2D eigenvalue weighted by molar-refractivity contribution is 7.10. The molecule has 3 nitrogen and oxygen atoms in total. The van der Waals surface area contributed by atoms with Crippen LogP contribution in [0.4, 0.5) is 4.39 Å². The molecule has 1 aliphatic heterocycles. The van der Waals surface area contributed by atoms with E-state index < -0.39 is 5.82 Å². The largest absolute Gasteiger partial charge is 0.506 e. The van der Waals surface area contributed by atoms with Crippen LogP contribution in [0.25, 0.3) is 0 Å². The summed E-state index contributed by atoms with van der Waals surface area (Å²) in [6, 6.07) is 6.32. The predicted octanol–water partition coefficient (Wildman–Crippen LogP) is 4.08. The molecule has 0 unspecified atom stereocenters. The number of phenolic OH excluding ortho intramolecular Hbond substituents is 1. The van der Waals surface area contributed by atoms with Gasteiger partial charge in [0, 0.05) is 31.1 Å². The van der Waals surface area contributed by atoms with Crippen LogP contribution < -0.4 is 5.32 Å². The van der Waals surface area contributed by atoms with Gasteiger partial charge in [-0.2, -0.15) is 0 Å². The Hall–Kier alpha value is -0.560. The monoisotopic (exact) mass is 398 g/mol. The number of hydrogen-bond donors (Lipinski definition) is 2. The molecule has 1 fully saturated rings. The number of benzene rings is 1. The molecule has 1 saturated heterocycles. The molecule has 0 amide bonds. The molecule has 0 spiro atoms. The molecule has 1 atom stereocenters. The second-order valence-electron chi connectivity index (χ2n) is 5.00. The van der Waals surface area contributed by atoms with E-state index in [-0.39, 0.29) is 47.2 Å². The van der Waals surface area contributed by atoms with Crippen LogP contribution in [0.1, 0.15) is 16.5 Å². The summed E-state index contributed by atoms with van der Waals surface area (Å²) in [7, 11) is 0. The van der Waals surface area contributed by atoms with Gasteiger partial charge in [0.05, 0.1) is 16.6 Å². The van der Waals surface area contributed by atoms with Crippen molar-refractivity contribution in [1.29, 1.82) is 0 Å². The van der Waals surface area contributed by atoms with Crippen LogP contribution in [0, 0.1) is 5.82 Å². The highest BCUT2D eigenvalue weighted by Gasteiger charge is 2.30. The van der Waals surface area contributed by atoms with E-state index >= 15 is 0 Å². The molecular weight excluding hydrogens is 382 g/mol. The summed E-state index contributed by atoms with van der Waals surface area (Å²) in [4.78, 5) is 3.19. The van der Waals surface area contributed by atoms with Gasteiger partial charge in [-0.25, -0.2) is 4.39 Å². The van der Waals surface area contributed by atoms with Gasteiger partial charge in [-0.1, -0.05) is 17.7 Å². The Kier molecular flexibility index (Phi) is 8.07. The van der Waals surface area contributed by atoms with Crippen LogP contribution in [0.2, 0.25) is 5.02 Å². The third-order valence-electron chi connectivity index (χ3n) is 3.72. The maximum Gasteiger partial charge on any atom is 0.142 e. The quantitative estimate of drug-likeness (QED) is 0.816. The fourth-order valence-electron chi connectivity index (χ4n) is 2.71.